The van der Waals surface area contributed by atoms with E-state index in [9.17, 15) is 4.79 Å². The number of rotatable bonds is 4. The SMILES string of the molecule is Cc1ccc(C(=O)NC(C)(C)CCN)c(C)n1. The number of pyridine rings is 1. The van der Waals surface area contributed by atoms with Gasteiger partial charge in [-0.3, -0.25) is 9.78 Å². The summed E-state index contributed by atoms with van der Waals surface area (Å²) in [6, 6.07) is 3.66. The van der Waals surface area contributed by atoms with Crippen molar-refractivity contribution in [1.29, 1.82) is 0 Å². The van der Waals surface area contributed by atoms with Gasteiger partial charge in [-0.1, -0.05) is 0 Å². The molecule has 4 nitrogen and oxygen atoms in total. The third-order valence-electron chi connectivity index (χ3n) is 2.69. The second kappa shape index (κ2) is 5.27. The first-order chi connectivity index (χ1) is 7.85. The number of hydrogen-bond acceptors (Lipinski definition) is 3. The van der Waals surface area contributed by atoms with Crippen LogP contribution in [0.4, 0.5) is 0 Å². The minimum absolute atomic E-state index is 0.0894. The Morgan fingerprint density at radius 1 is 1.41 bits per heavy atom. The lowest BCUT2D eigenvalue weighted by Gasteiger charge is -2.25. The van der Waals surface area contributed by atoms with Crippen molar-refractivity contribution in [1.82, 2.24) is 10.3 Å². The van der Waals surface area contributed by atoms with Crippen molar-refractivity contribution in [2.45, 2.75) is 39.7 Å². The number of aryl methyl sites for hydroxylation is 2. The van der Waals surface area contributed by atoms with Crippen molar-refractivity contribution in [2.24, 2.45) is 5.73 Å². The molecule has 0 aromatic carbocycles. The Morgan fingerprint density at radius 2 is 2.06 bits per heavy atom. The molecule has 0 spiro atoms. The monoisotopic (exact) mass is 235 g/mol. The number of nitrogens with one attached hydrogen (secondary N) is 1. The normalized spacial score (nSPS) is 11.4. The molecule has 0 atom stereocenters. The van der Waals surface area contributed by atoms with Gasteiger partial charge in [0.25, 0.3) is 5.91 Å². The lowest BCUT2D eigenvalue weighted by Crippen LogP contribution is -2.45. The molecule has 0 aliphatic heterocycles. The molecule has 0 fully saturated rings. The summed E-state index contributed by atoms with van der Waals surface area (Å²) >= 11 is 0. The molecule has 3 N–H and O–H groups in total. The summed E-state index contributed by atoms with van der Waals surface area (Å²) in [6.07, 6.45) is 0.747. The number of amides is 1. The summed E-state index contributed by atoms with van der Waals surface area (Å²) in [5, 5.41) is 2.97. The number of nitrogens with two attached hydrogens (primary N) is 1. The van der Waals surface area contributed by atoms with Crippen LogP contribution in [0, 0.1) is 13.8 Å². The third-order valence-corrected chi connectivity index (χ3v) is 2.69. The molecule has 1 rings (SSSR count). The van der Waals surface area contributed by atoms with E-state index in [-0.39, 0.29) is 11.4 Å². The molecule has 1 heterocycles. The number of nitrogens with zero attached hydrogens (tertiary/aromatic N) is 1. The Bertz CT molecular complexity index is 413. The Hall–Kier alpha value is -1.42. The van der Waals surface area contributed by atoms with Gasteiger partial charge in [-0.25, -0.2) is 0 Å². The van der Waals surface area contributed by atoms with Gasteiger partial charge in [-0.15, -0.1) is 0 Å². The molecular weight excluding hydrogens is 214 g/mol. The number of carbonyl (C=O) groups is 1. The quantitative estimate of drug-likeness (QED) is 0.832. The van der Waals surface area contributed by atoms with E-state index >= 15 is 0 Å². The van der Waals surface area contributed by atoms with E-state index in [2.05, 4.69) is 10.3 Å². The first-order valence-corrected chi connectivity index (χ1v) is 5.82. The molecule has 0 saturated carbocycles. The van der Waals surface area contributed by atoms with Crippen LogP contribution < -0.4 is 11.1 Å². The molecule has 0 aliphatic rings. The third kappa shape index (κ3) is 3.82. The van der Waals surface area contributed by atoms with Crippen molar-refractivity contribution >= 4 is 5.91 Å². The van der Waals surface area contributed by atoms with Gasteiger partial charge >= 0.3 is 0 Å². The van der Waals surface area contributed by atoms with Gasteiger partial charge in [0.2, 0.25) is 0 Å². The van der Waals surface area contributed by atoms with Crippen LogP contribution in [0.3, 0.4) is 0 Å². The van der Waals surface area contributed by atoms with E-state index in [0.29, 0.717) is 12.1 Å². The topological polar surface area (TPSA) is 68.0 Å². The summed E-state index contributed by atoms with van der Waals surface area (Å²) in [5.74, 6) is -0.0894. The van der Waals surface area contributed by atoms with Crippen molar-refractivity contribution in [2.75, 3.05) is 6.54 Å². The molecule has 1 aromatic heterocycles. The van der Waals surface area contributed by atoms with Crippen LogP contribution in [0.15, 0.2) is 12.1 Å². The number of hydrogen-bond donors (Lipinski definition) is 2. The molecule has 0 saturated heterocycles. The highest BCUT2D eigenvalue weighted by molar-refractivity contribution is 5.95. The highest BCUT2D eigenvalue weighted by Crippen LogP contribution is 2.11. The molecule has 4 heteroatoms. The number of aromatic nitrogens is 1. The van der Waals surface area contributed by atoms with Crippen LogP contribution in [0.25, 0.3) is 0 Å². The van der Waals surface area contributed by atoms with Crippen molar-refractivity contribution in [3.8, 4) is 0 Å². The highest BCUT2D eigenvalue weighted by Gasteiger charge is 2.21. The molecule has 17 heavy (non-hydrogen) atoms. The van der Waals surface area contributed by atoms with E-state index in [1.165, 1.54) is 0 Å². The second-order valence-corrected chi connectivity index (χ2v) is 4.96. The number of carbonyl (C=O) groups excluding carboxylic acids is 1. The van der Waals surface area contributed by atoms with E-state index in [0.717, 1.165) is 17.8 Å². The van der Waals surface area contributed by atoms with E-state index in [1.807, 2.05) is 39.8 Å². The predicted octanol–water partition coefficient (Wildman–Crippen LogP) is 1.56. The Kier molecular flexibility index (Phi) is 4.23. The Morgan fingerprint density at radius 3 is 2.59 bits per heavy atom. The summed E-state index contributed by atoms with van der Waals surface area (Å²) in [7, 11) is 0. The van der Waals surface area contributed by atoms with Gasteiger partial charge < -0.3 is 11.1 Å². The predicted molar refractivity (Wildman–Crippen MR) is 68.9 cm³/mol. The van der Waals surface area contributed by atoms with Crippen LogP contribution in [-0.2, 0) is 0 Å². The van der Waals surface area contributed by atoms with E-state index < -0.39 is 0 Å². The minimum Gasteiger partial charge on any atom is -0.347 e. The van der Waals surface area contributed by atoms with Gasteiger partial charge in [-0.05, 0) is 52.8 Å². The smallest absolute Gasteiger partial charge is 0.253 e. The first kappa shape index (κ1) is 13.6. The fraction of sp³-hybridized carbons (Fsp3) is 0.538. The van der Waals surface area contributed by atoms with Crippen LogP contribution in [-0.4, -0.2) is 23.0 Å². The maximum absolute atomic E-state index is 12.1. The van der Waals surface area contributed by atoms with Crippen molar-refractivity contribution < 1.29 is 4.79 Å². The molecule has 0 radical (unpaired) electrons. The largest absolute Gasteiger partial charge is 0.347 e. The second-order valence-electron chi connectivity index (χ2n) is 4.96. The molecule has 0 aliphatic carbocycles. The van der Waals surface area contributed by atoms with Gasteiger partial charge in [0.1, 0.15) is 0 Å². The molecule has 0 bridgehead atoms. The summed E-state index contributed by atoms with van der Waals surface area (Å²) < 4.78 is 0. The fourth-order valence-corrected chi connectivity index (χ4v) is 1.72. The van der Waals surface area contributed by atoms with Crippen molar-refractivity contribution in [3.05, 3.63) is 29.1 Å². The van der Waals surface area contributed by atoms with E-state index in [1.54, 1.807) is 0 Å². The maximum Gasteiger partial charge on any atom is 0.253 e. The fourth-order valence-electron chi connectivity index (χ4n) is 1.72. The zero-order chi connectivity index (χ0) is 13.1. The van der Waals surface area contributed by atoms with E-state index in [4.69, 9.17) is 5.73 Å². The maximum atomic E-state index is 12.1. The molecule has 94 valence electrons. The van der Waals surface area contributed by atoms with Crippen molar-refractivity contribution in [3.63, 3.8) is 0 Å². The van der Waals surface area contributed by atoms with Gasteiger partial charge in [0.15, 0.2) is 0 Å². The highest BCUT2D eigenvalue weighted by atomic mass is 16.1. The van der Waals surface area contributed by atoms with Gasteiger partial charge in [-0.2, -0.15) is 0 Å². The van der Waals surface area contributed by atoms with Crippen LogP contribution in [0.5, 0.6) is 0 Å². The Balaban J connectivity index is 2.83. The molecule has 0 unspecified atom stereocenters. The molecule has 1 aromatic rings. The van der Waals surface area contributed by atoms with Crippen LogP contribution in [0.2, 0.25) is 0 Å². The summed E-state index contributed by atoms with van der Waals surface area (Å²) in [6.45, 7) is 8.24. The average molecular weight is 235 g/mol. The lowest BCUT2D eigenvalue weighted by atomic mass is 10.00. The van der Waals surface area contributed by atoms with Gasteiger partial charge in [0, 0.05) is 11.2 Å². The zero-order valence-corrected chi connectivity index (χ0v) is 11.0. The average Bonchev–Trinajstić information content (AvgIpc) is 2.15. The first-order valence-electron chi connectivity index (χ1n) is 5.82. The lowest BCUT2D eigenvalue weighted by molar-refractivity contribution is 0.0909. The van der Waals surface area contributed by atoms with Gasteiger partial charge in [0.05, 0.1) is 11.3 Å². The molecular formula is C13H21N3O. The standard InChI is InChI=1S/C13H21N3O/c1-9-5-6-11(10(2)15-9)12(17)16-13(3,4)7-8-14/h5-6H,7-8,14H2,1-4H3,(H,16,17). The summed E-state index contributed by atoms with van der Waals surface area (Å²) in [5.41, 5.74) is 7.52. The minimum atomic E-state index is -0.289. The van der Waals surface area contributed by atoms with Crippen LogP contribution >= 0.6 is 0 Å². The zero-order valence-electron chi connectivity index (χ0n) is 11.0. The molecule has 1 amide bonds. The Labute approximate surface area is 103 Å². The summed E-state index contributed by atoms with van der Waals surface area (Å²) in [4.78, 5) is 16.4. The van der Waals surface area contributed by atoms with Crippen LogP contribution in [0.1, 0.15) is 42.0 Å².